The molecule has 0 N–H and O–H groups in total. The monoisotopic (exact) mass is 1650 g/mol. The van der Waals surface area contributed by atoms with Crippen LogP contribution in [0.15, 0.2) is 291 Å². The summed E-state index contributed by atoms with van der Waals surface area (Å²) in [4.78, 5) is 0. The van der Waals surface area contributed by atoms with Gasteiger partial charge >= 0.3 is 0 Å². The van der Waals surface area contributed by atoms with E-state index in [2.05, 4.69) is 374 Å². The van der Waals surface area contributed by atoms with Gasteiger partial charge in [0.1, 0.15) is 0 Å². The Morgan fingerprint density at radius 1 is 0.154 bits per heavy atom. The molecule has 0 nitrogen and oxygen atoms in total. The molecule has 0 radical (unpaired) electrons. The van der Waals surface area contributed by atoms with Crippen molar-refractivity contribution >= 4 is 64.6 Å². The summed E-state index contributed by atoms with van der Waals surface area (Å²) in [6, 6.07) is 105. The van der Waals surface area contributed by atoms with Crippen molar-refractivity contribution in [3.63, 3.8) is 0 Å². The Morgan fingerprint density at radius 2 is 0.431 bits per heavy atom. The molecule has 3 aliphatic rings. The topological polar surface area (TPSA) is 0 Å². The SMILES string of the molecule is CC.CC.CC.CC.CC.CC.CC.CC.CC.CC.CC.CC.CC.CC.CC.Cc1ccc2c(c1)-c1ccccc1C2(C)C.Cc1ccc2c(c1)C(C)(C)c1ccccc1-2.Cc1ccc2c(ccc3ccccc32)c1.Cc1ccc2ccc3ccccc3c2c1.Cc1cccc2c1-c1ccccc1C2(C)C.Cc1cccc2ccc3ccccc3c12. The average Bonchev–Trinajstić information content (AvgIpc) is 1.59. The van der Waals surface area contributed by atoms with Gasteiger partial charge in [-0.05, 0) is 184 Å². The third-order valence-corrected chi connectivity index (χ3v) is 20.1. The zero-order chi connectivity index (χ0) is 94.8. The summed E-state index contributed by atoms with van der Waals surface area (Å²) >= 11 is 0. The fourth-order valence-corrected chi connectivity index (χ4v) is 15.1. The first-order chi connectivity index (χ1) is 59.9. The Balaban J connectivity index is -0.00000132. The first kappa shape index (κ1) is 117. The molecule has 0 unspecified atom stereocenters. The fraction of sp³-hybridized carbons (Fsp3) is 0.366. The molecule has 0 spiro atoms. The normalized spacial score (nSPS) is 10.9. The molecule has 666 valence electrons. The van der Waals surface area contributed by atoms with Crippen molar-refractivity contribution in [2.24, 2.45) is 0 Å². The molecule has 0 heterocycles. The van der Waals surface area contributed by atoms with Gasteiger partial charge in [-0.15, -0.1) is 0 Å². The van der Waals surface area contributed by atoms with Gasteiger partial charge in [0.15, 0.2) is 0 Å². The van der Waals surface area contributed by atoms with E-state index in [1.807, 2.05) is 208 Å². The number of aryl methyl sites for hydroxylation is 6. The van der Waals surface area contributed by atoms with Crippen molar-refractivity contribution in [3.05, 3.63) is 358 Å². The quantitative estimate of drug-likeness (QED) is 0.133. The Morgan fingerprint density at radius 3 is 0.935 bits per heavy atom. The molecule has 123 heavy (non-hydrogen) atoms. The molecule has 0 aliphatic heterocycles. The molecule has 0 saturated carbocycles. The summed E-state index contributed by atoms with van der Waals surface area (Å²) in [6.07, 6.45) is 0. The second kappa shape index (κ2) is 64.6. The van der Waals surface area contributed by atoms with E-state index in [-0.39, 0.29) is 16.2 Å². The Kier molecular flexibility index (Phi) is 61.5. The first-order valence-corrected chi connectivity index (χ1v) is 48.1. The van der Waals surface area contributed by atoms with Crippen molar-refractivity contribution in [2.45, 2.75) is 307 Å². The molecule has 0 fully saturated rings. The fourth-order valence-electron chi connectivity index (χ4n) is 15.1. The highest BCUT2D eigenvalue weighted by molar-refractivity contribution is 6.10. The second-order valence-corrected chi connectivity index (χ2v) is 27.6. The van der Waals surface area contributed by atoms with E-state index in [9.17, 15) is 0 Å². The molecule has 0 saturated heterocycles. The zero-order valence-electron chi connectivity index (χ0n) is 86.2. The highest BCUT2D eigenvalue weighted by atomic mass is 14.4. The van der Waals surface area contributed by atoms with Crippen LogP contribution in [0.1, 0.15) is 316 Å². The van der Waals surface area contributed by atoms with Gasteiger partial charge in [0.25, 0.3) is 0 Å². The molecule has 3 aliphatic carbocycles. The van der Waals surface area contributed by atoms with Crippen LogP contribution in [0.2, 0.25) is 0 Å². The smallest absolute Gasteiger partial charge is 0.0158 e. The lowest BCUT2D eigenvalue weighted by molar-refractivity contribution is 0.659. The standard InChI is InChI=1S/3C16H16.3C15H12.15C2H6/c1-11-7-6-10-14-15(11)12-8-4-5-9-13(12)16(14,2)3;1-11-8-9-15-13(10-11)12-6-4-5-7-14(12)16(15,2)3;1-11-8-9-13-12-6-4-5-7-14(12)16(2,3)15(13)10-11;1-11-5-4-7-13-10-9-12-6-2-3-8-14(12)15(11)13;1-11-6-9-15-13(10-11)8-7-12-4-2-3-5-14(12)15;1-11-6-7-13-9-8-12-4-2-3-5-14(12)15(13)10-11;15*1-2/h3*4-10H,1-3H3;3*2-10H,1H3;15*1-2H3. The van der Waals surface area contributed by atoms with Crippen molar-refractivity contribution < 1.29 is 0 Å². The van der Waals surface area contributed by atoms with Crippen molar-refractivity contribution in [1.29, 1.82) is 0 Å². The van der Waals surface area contributed by atoms with Crippen LogP contribution in [0.5, 0.6) is 0 Å². The first-order valence-electron chi connectivity index (χ1n) is 48.1. The van der Waals surface area contributed by atoms with Gasteiger partial charge in [0, 0.05) is 16.2 Å². The average molecular weight is 1650 g/mol. The van der Waals surface area contributed by atoms with Crippen LogP contribution in [0.4, 0.5) is 0 Å². The third kappa shape index (κ3) is 30.4. The van der Waals surface area contributed by atoms with E-state index in [0.717, 1.165) is 0 Å². The molecular weight excluding hydrogens is 1480 g/mol. The summed E-state index contributed by atoms with van der Waals surface area (Å²) in [7, 11) is 0. The maximum Gasteiger partial charge on any atom is 0.0158 e. The summed E-state index contributed by atoms with van der Waals surface area (Å²) in [5, 5.41) is 16.1. The lowest BCUT2D eigenvalue weighted by Gasteiger charge is -2.21. The van der Waals surface area contributed by atoms with Gasteiger partial charge < -0.3 is 0 Å². The van der Waals surface area contributed by atoms with E-state index in [4.69, 9.17) is 0 Å². The van der Waals surface area contributed by atoms with Crippen LogP contribution in [0, 0.1) is 41.5 Å². The van der Waals surface area contributed by atoms with Crippen LogP contribution in [0.3, 0.4) is 0 Å². The highest BCUT2D eigenvalue weighted by Gasteiger charge is 2.37. The van der Waals surface area contributed by atoms with Gasteiger partial charge in [0.05, 0.1) is 0 Å². The number of hydrogen-bond donors (Lipinski definition) is 0. The zero-order valence-corrected chi connectivity index (χ0v) is 86.2. The van der Waals surface area contributed by atoms with Crippen LogP contribution in [0.25, 0.3) is 98.0 Å². The number of hydrogen-bond acceptors (Lipinski definition) is 0. The highest BCUT2D eigenvalue weighted by Crippen LogP contribution is 2.51. The number of rotatable bonds is 0. The van der Waals surface area contributed by atoms with E-state index in [1.54, 1.807) is 0 Å². The Bertz CT molecular complexity index is 5300. The molecule has 0 heteroatoms. The van der Waals surface area contributed by atoms with E-state index >= 15 is 0 Å². The summed E-state index contributed by atoms with van der Waals surface area (Å²) in [6.45, 7) is 86.9. The van der Waals surface area contributed by atoms with Gasteiger partial charge in [-0.3, -0.25) is 0 Å². The Labute approximate surface area is 757 Å². The lowest BCUT2D eigenvalue weighted by atomic mass is 9.82. The predicted molar refractivity (Wildman–Crippen MR) is 575 cm³/mol. The van der Waals surface area contributed by atoms with Crippen molar-refractivity contribution in [1.82, 2.24) is 0 Å². The van der Waals surface area contributed by atoms with Crippen molar-refractivity contribution in [3.8, 4) is 33.4 Å². The molecule has 15 aromatic rings. The molecule has 0 aromatic heterocycles. The maximum absolute atomic E-state index is 2.33. The van der Waals surface area contributed by atoms with Crippen LogP contribution in [-0.2, 0) is 16.2 Å². The van der Waals surface area contributed by atoms with E-state index in [0.29, 0.717) is 0 Å². The summed E-state index contributed by atoms with van der Waals surface area (Å²) < 4.78 is 0. The summed E-state index contributed by atoms with van der Waals surface area (Å²) in [5.74, 6) is 0. The number of fused-ring (bicyclic) bond motifs is 18. The number of benzene rings is 15. The molecule has 15 aromatic carbocycles. The van der Waals surface area contributed by atoms with E-state index in [1.165, 1.54) is 165 Å². The second-order valence-electron chi connectivity index (χ2n) is 27.6. The van der Waals surface area contributed by atoms with Crippen molar-refractivity contribution in [2.75, 3.05) is 0 Å². The predicted octanol–water partition coefficient (Wildman–Crippen LogP) is 41.2. The minimum Gasteiger partial charge on any atom is -0.0683 e. The van der Waals surface area contributed by atoms with Gasteiger partial charge in [0.2, 0.25) is 0 Å². The third-order valence-electron chi connectivity index (χ3n) is 20.1. The Hall–Kier alpha value is -10.1. The largest absolute Gasteiger partial charge is 0.0683 e. The molecule has 0 amide bonds. The van der Waals surface area contributed by atoms with Crippen LogP contribution in [-0.4, -0.2) is 0 Å². The lowest BCUT2D eigenvalue weighted by Crippen LogP contribution is -2.14. The van der Waals surface area contributed by atoms with Crippen LogP contribution >= 0.6 is 0 Å². The molecule has 18 rings (SSSR count). The van der Waals surface area contributed by atoms with Gasteiger partial charge in [-0.2, -0.15) is 0 Å². The molecular formula is C123H174. The molecule has 0 bridgehead atoms. The van der Waals surface area contributed by atoms with Gasteiger partial charge in [-0.1, -0.05) is 563 Å². The maximum atomic E-state index is 2.33. The van der Waals surface area contributed by atoms with Gasteiger partial charge in [-0.25, -0.2) is 0 Å². The van der Waals surface area contributed by atoms with Crippen LogP contribution < -0.4 is 0 Å². The minimum atomic E-state index is 0.151. The van der Waals surface area contributed by atoms with E-state index < -0.39 is 0 Å². The minimum absolute atomic E-state index is 0.151. The summed E-state index contributed by atoms with van der Waals surface area (Å²) in [5.41, 5.74) is 25.8. The molecule has 0 atom stereocenters.